The van der Waals surface area contributed by atoms with Gasteiger partial charge in [-0.25, -0.2) is 4.79 Å². The Hall–Kier alpha value is -2.70. The number of aromatic hydroxyl groups is 1. The fraction of sp³-hybridized carbons (Fsp3) is 0.286. The highest BCUT2D eigenvalue weighted by Gasteiger charge is 2.19. The summed E-state index contributed by atoms with van der Waals surface area (Å²) in [5, 5.41) is 23.0. The molecule has 0 spiro atoms. The van der Waals surface area contributed by atoms with Crippen molar-refractivity contribution in [2.24, 2.45) is 7.05 Å². The van der Waals surface area contributed by atoms with Crippen LogP contribution in [0.4, 0.5) is 0 Å². The summed E-state index contributed by atoms with van der Waals surface area (Å²) >= 11 is 0. The van der Waals surface area contributed by atoms with Crippen LogP contribution in [0.5, 0.6) is 17.2 Å². The van der Waals surface area contributed by atoms with Gasteiger partial charge in [-0.15, -0.1) is 0 Å². The molecule has 0 bridgehead atoms. The Kier molecular flexibility index (Phi) is 3.17. The van der Waals surface area contributed by atoms with Gasteiger partial charge in [0.1, 0.15) is 5.75 Å². The quantitative estimate of drug-likeness (QED) is 0.873. The van der Waals surface area contributed by atoms with Crippen LogP contribution in [0.2, 0.25) is 0 Å². The minimum absolute atomic E-state index is 0.0146. The van der Waals surface area contributed by atoms with Crippen molar-refractivity contribution in [2.75, 3.05) is 13.2 Å². The second-order valence-corrected chi connectivity index (χ2v) is 4.71. The predicted molar refractivity (Wildman–Crippen MR) is 72.9 cm³/mol. The Labute approximate surface area is 120 Å². The first kappa shape index (κ1) is 13.3. The number of aryl methyl sites for hydroxylation is 1. The van der Waals surface area contributed by atoms with E-state index in [1.807, 2.05) is 0 Å². The van der Waals surface area contributed by atoms with Crippen LogP contribution in [0, 0.1) is 0 Å². The van der Waals surface area contributed by atoms with Crippen molar-refractivity contribution in [3.63, 3.8) is 0 Å². The highest BCUT2D eigenvalue weighted by atomic mass is 16.5. The lowest BCUT2D eigenvalue weighted by Crippen LogP contribution is -1.99. The minimum Gasteiger partial charge on any atom is -0.507 e. The molecule has 0 atom stereocenters. The normalized spacial score (nSPS) is 13.8. The zero-order valence-electron chi connectivity index (χ0n) is 11.4. The number of carbonyl (C=O) groups is 1. The monoisotopic (exact) mass is 290 g/mol. The highest BCUT2D eigenvalue weighted by Crippen LogP contribution is 2.40. The Balaban J connectivity index is 2.10. The number of aromatic carboxylic acids is 1. The number of carboxylic acid groups (broad SMARTS) is 1. The smallest absolute Gasteiger partial charge is 0.356 e. The molecular weight excluding hydrogens is 276 g/mol. The second kappa shape index (κ2) is 5.01. The van der Waals surface area contributed by atoms with Crippen molar-refractivity contribution in [1.82, 2.24) is 9.78 Å². The molecule has 0 unspecified atom stereocenters. The number of phenolic OH excluding ortho intramolecular Hbond substituents is 1. The van der Waals surface area contributed by atoms with Crippen LogP contribution in [0.15, 0.2) is 18.2 Å². The lowest BCUT2D eigenvalue weighted by atomic mass is 10.1. The summed E-state index contributed by atoms with van der Waals surface area (Å²) in [5.41, 5.74) is 0.848. The minimum atomic E-state index is -1.12. The van der Waals surface area contributed by atoms with Gasteiger partial charge in [0, 0.05) is 25.1 Å². The van der Waals surface area contributed by atoms with Gasteiger partial charge in [0.15, 0.2) is 17.2 Å². The van der Waals surface area contributed by atoms with Crippen LogP contribution in [-0.4, -0.2) is 39.2 Å². The average Bonchev–Trinajstić information content (AvgIpc) is 2.68. The largest absolute Gasteiger partial charge is 0.507 e. The molecule has 0 saturated carbocycles. The van der Waals surface area contributed by atoms with E-state index in [1.54, 1.807) is 13.1 Å². The summed E-state index contributed by atoms with van der Waals surface area (Å²) in [5.74, 6) is -0.127. The molecule has 3 rings (SSSR count). The summed E-state index contributed by atoms with van der Waals surface area (Å²) < 4.78 is 12.5. The average molecular weight is 290 g/mol. The van der Waals surface area contributed by atoms with Gasteiger partial charge in [-0.2, -0.15) is 5.10 Å². The number of ether oxygens (including phenoxy) is 2. The number of benzene rings is 1. The van der Waals surface area contributed by atoms with E-state index >= 15 is 0 Å². The first-order chi connectivity index (χ1) is 10.1. The fourth-order valence-corrected chi connectivity index (χ4v) is 2.23. The molecule has 7 nitrogen and oxygen atoms in total. The molecule has 1 aromatic carbocycles. The number of nitrogens with zero attached hydrogens (tertiary/aromatic N) is 2. The molecule has 1 aromatic heterocycles. The van der Waals surface area contributed by atoms with Gasteiger partial charge in [-0.1, -0.05) is 0 Å². The Bertz CT molecular complexity index is 708. The molecule has 1 aliphatic heterocycles. The molecule has 0 radical (unpaired) electrons. The van der Waals surface area contributed by atoms with E-state index in [-0.39, 0.29) is 11.4 Å². The van der Waals surface area contributed by atoms with Crippen molar-refractivity contribution in [3.8, 4) is 28.5 Å². The molecular formula is C14H14N2O5. The SMILES string of the molecule is Cn1nc(C(=O)O)cc1-c1cc2c(cc1O)OCCCO2. The van der Waals surface area contributed by atoms with E-state index < -0.39 is 5.97 Å². The third kappa shape index (κ3) is 2.37. The van der Waals surface area contributed by atoms with Gasteiger partial charge in [0.25, 0.3) is 0 Å². The van der Waals surface area contributed by atoms with Gasteiger partial charge in [0.05, 0.1) is 18.9 Å². The molecule has 21 heavy (non-hydrogen) atoms. The maximum absolute atomic E-state index is 11.0. The summed E-state index contributed by atoms with van der Waals surface area (Å²) in [6, 6.07) is 4.52. The van der Waals surface area contributed by atoms with Gasteiger partial charge in [0.2, 0.25) is 0 Å². The zero-order valence-corrected chi connectivity index (χ0v) is 11.4. The van der Waals surface area contributed by atoms with E-state index in [0.717, 1.165) is 6.42 Å². The van der Waals surface area contributed by atoms with Gasteiger partial charge >= 0.3 is 5.97 Å². The molecule has 7 heteroatoms. The van der Waals surface area contributed by atoms with E-state index in [0.29, 0.717) is 36.0 Å². The van der Waals surface area contributed by atoms with Gasteiger partial charge in [-0.05, 0) is 12.1 Å². The summed E-state index contributed by atoms with van der Waals surface area (Å²) in [6.07, 6.45) is 0.764. The molecule has 110 valence electrons. The predicted octanol–water partition coefficient (Wildman–Crippen LogP) is 1.65. The van der Waals surface area contributed by atoms with Crippen LogP contribution >= 0.6 is 0 Å². The number of phenols is 1. The second-order valence-electron chi connectivity index (χ2n) is 4.71. The van der Waals surface area contributed by atoms with E-state index in [4.69, 9.17) is 14.6 Å². The molecule has 2 aromatic rings. The molecule has 1 aliphatic rings. The van der Waals surface area contributed by atoms with Crippen molar-refractivity contribution < 1.29 is 24.5 Å². The number of rotatable bonds is 2. The topological polar surface area (TPSA) is 93.8 Å². The number of hydrogen-bond donors (Lipinski definition) is 2. The van der Waals surface area contributed by atoms with Gasteiger partial charge < -0.3 is 19.7 Å². The zero-order chi connectivity index (χ0) is 15.0. The number of carboxylic acids is 1. The van der Waals surface area contributed by atoms with Crippen LogP contribution in [0.25, 0.3) is 11.3 Å². The maximum atomic E-state index is 11.0. The van der Waals surface area contributed by atoms with Crippen molar-refractivity contribution in [3.05, 3.63) is 23.9 Å². The van der Waals surface area contributed by atoms with Gasteiger partial charge in [-0.3, -0.25) is 4.68 Å². The summed E-state index contributed by atoms with van der Waals surface area (Å²) in [7, 11) is 1.62. The lowest BCUT2D eigenvalue weighted by molar-refractivity contribution is 0.0689. The molecule has 2 heterocycles. The van der Waals surface area contributed by atoms with Crippen molar-refractivity contribution in [1.29, 1.82) is 0 Å². The maximum Gasteiger partial charge on any atom is 0.356 e. The van der Waals surface area contributed by atoms with Crippen molar-refractivity contribution in [2.45, 2.75) is 6.42 Å². The third-order valence-corrected chi connectivity index (χ3v) is 3.24. The number of aromatic nitrogens is 2. The molecule has 0 fully saturated rings. The molecule has 2 N–H and O–H groups in total. The number of hydrogen-bond acceptors (Lipinski definition) is 5. The van der Waals surface area contributed by atoms with Crippen LogP contribution in [-0.2, 0) is 7.05 Å². The van der Waals surface area contributed by atoms with Crippen LogP contribution < -0.4 is 9.47 Å². The van der Waals surface area contributed by atoms with Crippen molar-refractivity contribution >= 4 is 5.97 Å². The Morgan fingerprint density at radius 2 is 1.90 bits per heavy atom. The standard InChI is InChI=1S/C14H14N2O5/c1-16-10(6-9(15-16)14(18)19)8-5-12-13(7-11(8)17)21-4-2-3-20-12/h5-7,17H,2-4H2,1H3,(H,18,19). The lowest BCUT2D eigenvalue weighted by Gasteiger charge is -2.11. The van der Waals surface area contributed by atoms with Crippen LogP contribution in [0.3, 0.4) is 0 Å². The van der Waals surface area contributed by atoms with E-state index in [1.165, 1.54) is 16.8 Å². The Morgan fingerprint density at radius 3 is 2.52 bits per heavy atom. The fourth-order valence-electron chi connectivity index (χ4n) is 2.23. The van der Waals surface area contributed by atoms with E-state index in [9.17, 15) is 9.90 Å². The number of fused-ring (bicyclic) bond motifs is 1. The first-order valence-electron chi connectivity index (χ1n) is 6.46. The first-order valence-corrected chi connectivity index (χ1v) is 6.46. The molecule has 0 amide bonds. The molecule has 0 saturated heterocycles. The summed E-state index contributed by atoms with van der Waals surface area (Å²) in [4.78, 5) is 11.0. The summed E-state index contributed by atoms with van der Waals surface area (Å²) in [6.45, 7) is 1.06. The molecule has 0 aliphatic carbocycles. The highest BCUT2D eigenvalue weighted by molar-refractivity contribution is 5.87. The van der Waals surface area contributed by atoms with Crippen LogP contribution in [0.1, 0.15) is 16.9 Å². The van der Waals surface area contributed by atoms with E-state index in [2.05, 4.69) is 5.10 Å². The Morgan fingerprint density at radius 1 is 1.24 bits per heavy atom. The third-order valence-electron chi connectivity index (χ3n) is 3.24.